The first-order chi connectivity index (χ1) is 8.45. The SMILES string of the molecule is Fc1cc(Cl)cc(Nc2nc(F)c(F)cc2F)c1. The van der Waals surface area contributed by atoms with Gasteiger partial charge < -0.3 is 5.32 Å². The number of pyridine rings is 1. The van der Waals surface area contributed by atoms with E-state index in [1.165, 1.54) is 6.07 Å². The molecular formula is C11H5ClF4N2. The first kappa shape index (κ1) is 12.6. The summed E-state index contributed by atoms with van der Waals surface area (Å²) in [6.07, 6.45) is 0. The molecular weight excluding hydrogens is 272 g/mol. The van der Waals surface area contributed by atoms with Crippen LogP contribution in [0.5, 0.6) is 0 Å². The molecule has 0 atom stereocenters. The number of hydrogen-bond donors (Lipinski definition) is 1. The Balaban J connectivity index is 2.36. The fraction of sp³-hybridized carbons (Fsp3) is 0. The molecule has 0 radical (unpaired) electrons. The summed E-state index contributed by atoms with van der Waals surface area (Å²) in [7, 11) is 0. The van der Waals surface area contributed by atoms with E-state index in [1.807, 2.05) is 0 Å². The number of nitrogens with one attached hydrogen (secondary N) is 1. The number of rotatable bonds is 2. The number of nitrogens with zero attached hydrogens (tertiary/aromatic N) is 1. The van der Waals surface area contributed by atoms with Crippen LogP contribution in [0.1, 0.15) is 0 Å². The van der Waals surface area contributed by atoms with Crippen LogP contribution < -0.4 is 5.32 Å². The standard InChI is InChI=1S/C11H5ClF4N2/c12-5-1-6(13)3-7(2-5)17-11-9(15)4-8(14)10(16)18-11/h1-4H,(H,17,18). The number of benzene rings is 1. The van der Waals surface area contributed by atoms with Gasteiger partial charge in [0.1, 0.15) is 5.82 Å². The van der Waals surface area contributed by atoms with Crippen LogP contribution in [0.4, 0.5) is 29.1 Å². The van der Waals surface area contributed by atoms with Crippen LogP contribution in [0.2, 0.25) is 5.02 Å². The highest BCUT2D eigenvalue weighted by molar-refractivity contribution is 6.30. The van der Waals surface area contributed by atoms with Crippen LogP contribution >= 0.6 is 11.6 Å². The highest BCUT2D eigenvalue weighted by Crippen LogP contribution is 2.23. The summed E-state index contributed by atoms with van der Waals surface area (Å²) in [6.45, 7) is 0. The number of hydrogen-bond acceptors (Lipinski definition) is 2. The predicted octanol–water partition coefficient (Wildman–Crippen LogP) is 4.04. The molecule has 0 saturated heterocycles. The van der Waals surface area contributed by atoms with E-state index in [0.717, 1.165) is 12.1 Å². The minimum Gasteiger partial charge on any atom is -0.338 e. The topological polar surface area (TPSA) is 24.9 Å². The van der Waals surface area contributed by atoms with Gasteiger partial charge in [-0.15, -0.1) is 0 Å². The van der Waals surface area contributed by atoms with Crippen molar-refractivity contribution in [3.05, 3.63) is 52.7 Å². The molecule has 0 saturated carbocycles. The van der Waals surface area contributed by atoms with Crippen molar-refractivity contribution in [1.29, 1.82) is 0 Å². The molecule has 0 amide bonds. The van der Waals surface area contributed by atoms with E-state index in [-0.39, 0.29) is 10.7 Å². The molecule has 1 N–H and O–H groups in total. The van der Waals surface area contributed by atoms with Gasteiger partial charge in [-0.3, -0.25) is 0 Å². The van der Waals surface area contributed by atoms with Crippen molar-refractivity contribution in [2.75, 3.05) is 5.32 Å². The van der Waals surface area contributed by atoms with Gasteiger partial charge in [0.15, 0.2) is 17.5 Å². The molecule has 18 heavy (non-hydrogen) atoms. The molecule has 0 unspecified atom stereocenters. The van der Waals surface area contributed by atoms with Gasteiger partial charge in [0.25, 0.3) is 5.95 Å². The molecule has 94 valence electrons. The smallest absolute Gasteiger partial charge is 0.251 e. The van der Waals surface area contributed by atoms with Crippen molar-refractivity contribution in [1.82, 2.24) is 4.98 Å². The van der Waals surface area contributed by atoms with Crippen molar-refractivity contribution in [2.24, 2.45) is 0 Å². The Morgan fingerprint density at radius 2 is 1.67 bits per heavy atom. The second-order valence-electron chi connectivity index (χ2n) is 3.37. The molecule has 2 nitrogen and oxygen atoms in total. The van der Waals surface area contributed by atoms with Gasteiger partial charge in [-0.25, -0.2) is 13.2 Å². The van der Waals surface area contributed by atoms with E-state index >= 15 is 0 Å². The maximum absolute atomic E-state index is 13.3. The van der Waals surface area contributed by atoms with E-state index in [9.17, 15) is 17.6 Å². The first-order valence-corrected chi connectivity index (χ1v) is 5.08. The van der Waals surface area contributed by atoms with Crippen LogP contribution in [0, 0.1) is 23.4 Å². The Kier molecular flexibility index (Phi) is 3.38. The van der Waals surface area contributed by atoms with Crippen LogP contribution in [0.3, 0.4) is 0 Å². The van der Waals surface area contributed by atoms with E-state index in [0.29, 0.717) is 6.07 Å². The Morgan fingerprint density at radius 1 is 0.944 bits per heavy atom. The summed E-state index contributed by atoms with van der Waals surface area (Å²) in [5, 5.41) is 2.37. The summed E-state index contributed by atoms with van der Waals surface area (Å²) in [5.41, 5.74) is 0.0670. The Bertz CT molecular complexity index is 584. The zero-order valence-corrected chi connectivity index (χ0v) is 9.40. The second kappa shape index (κ2) is 4.81. The highest BCUT2D eigenvalue weighted by Gasteiger charge is 2.12. The van der Waals surface area contributed by atoms with Gasteiger partial charge in [-0.2, -0.15) is 9.37 Å². The molecule has 1 aromatic heterocycles. The average molecular weight is 277 g/mol. The Morgan fingerprint density at radius 3 is 2.33 bits per heavy atom. The quantitative estimate of drug-likeness (QED) is 0.661. The summed E-state index contributed by atoms with van der Waals surface area (Å²) < 4.78 is 51.7. The zero-order valence-electron chi connectivity index (χ0n) is 8.65. The van der Waals surface area contributed by atoms with Crippen molar-refractivity contribution in [2.45, 2.75) is 0 Å². The number of anilines is 2. The Hall–Kier alpha value is -1.82. The molecule has 2 rings (SSSR count). The third-order valence-corrected chi connectivity index (χ3v) is 2.23. The zero-order chi connectivity index (χ0) is 13.3. The summed E-state index contributed by atoms with van der Waals surface area (Å²) in [4.78, 5) is 3.03. The Labute approximate surface area is 104 Å². The molecule has 0 spiro atoms. The second-order valence-corrected chi connectivity index (χ2v) is 3.81. The molecule has 0 fully saturated rings. The lowest BCUT2D eigenvalue weighted by molar-refractivity contribution is 0.467. The molecule has 1 aromatic carbocycles. The lowest BCUT2D eigenvalue weighted by Gasteiger charge is -2.07. The number of halogens is 5. The van der Waals surface area contributed by atoms with Crippen molar-refractivity contribution < 1.29 is 17.6 Å². The maximum Gasteiger partial charge on any atom is 0.251 e. The van der Waals surface area contributed by atoms with E-state index < -0.39 is 29.2 Å². The minimum atomic E-state index is -1.46. The summed E-state index contributed by atoms with van der Waals surface area (Å²) in [5.74, 6) is -5.19. The molecule has 0 aliphatic carbocycles. The lowest BCUT2D eigenvalue weighted by Crippen LogP contribution is -2.01. The van der Waals surface area contributed by atoms with Crippen LogP contribution in [0.15, 0.2) is 24.3 Å². The molecule has 1 heterocycles. The third kappa shape index (κ3) is 2.70. The van der Waals surface area contributed by atoms with Crippen LogP contribution in [-0.2, 0) is 0 Å². The van der Waals surface area contributed by atoms with Crippen molar-refractivity contribution in [3.8, 4) is 0 Å². The molecule has 0 aliphatic rings. The normalized spacial score (nSPS) is 10.5. The van der Waals surface area contributed by atoms with E-state index in [1.54, 1.807) is 0 Å². The van der Waals surface area contributed by atoms with Gasteiger partial charge in [-0.05, 0) is 18.2 Å². The monoisotopic (exact) mass is 276 g/mol. The molecule has 0 bridgehead atoms. The largest absolute Gasteiger partial charge is 0.338 e. The molecule has 7 heteroatoms. The van der Waals surface area contributed by atoms with Gasteiger partial charge in [-0.1, -0.05) is 11.6 Å². The predicted molar refractivity (Wildman–Crippen MR) is 58.8 cm³/mol. The average Bonchev–Trinajstić information content (AvgIpc) is 2.24. The summed E-state index contributed by atoms with van der Waals surface area (Å²) >= 11 is 5.58. The van der Waals surface area contributed by atoms with Crippen LogP contribution in [0.25, 0.3) is 0 Å². The van der Waals surface area contributed by atoms with Crippen LogP contribution in [-0.4, -0.2) is 4.98 Å². The minimum absolute atomic E-state index is 0.0670. The van der Waals surface area contributed by atoms with Gasteiger partial charge in [0.05, 0.1) is 0 Å². The molecule has 0 aliphatic heterocycles. The molecule has 2 aromatic rings. The maximum atomic E-state index is 13.3. The fourth-order valence-electron chi connectivity index (χ4n) is 1.29. The lowest BCUT2D eigenvalue weighted by atomic mass is 10.3. The van der Waals surface area contributed by atoms with Crippen molar-refractivity contribution >= 4 is 23.1 Å². The first-order valence-electron chi connectivity index (χ1n) is 4.70. The highest BCUT2D eigenvalue weighted by atomic mass is 35.5. The van der Waals surface area contributed by atoms with E-state index in [2.05, 4.69) is 10.3 Å². The van der Waals surface area contributed by atoms with Crippen molar-refractivity contribution in [3.63, 3.8) is 0 Å². The van der Waals surface area contributed by atoms with Gasteiger partial charge in [0, 0.05) is 16.8 Å². The fourth-order valence-corrected chi connectivity index (χ4v) is 1.52. The third-order valence-electron chi connectivity index (χ3n) is 2.01. The van der Waals surface area contributed by atoms with Gasteiger partial charge in [0.2, 0.25) is 0 Å². The van der Waals surface area contributed by atoms with Gasteiger partial charge >= 0.3 is 0 Å². The summed E-state index contributed by atoms with van der Waals surface area (Å²) in [6, 6.07) is 3.68. The number of aromatic nitrogens is 1. The van der Waals surface area contributed by atoms with E-state index in [4.69, 9.17) is 11.6 Å².